The predicted molar refractivity (Wildman–Crippen MR) is 114 cm³/mol. The number of rotatable bonds is 3. The zero-order valence-electron chi connectivity index (χ0n) is 17.4. The van der Waals surface area contributed by atoms with E-state index < -0.39 is 0 Å². The van der Waals surface area contributed by atoms with Crippen molar-refractivity contribution in [3.05, 3.63) is 42.1 Å². The minimum absolute atomic E-state index is 0.0274. The Hall–Kier alpha value is -2.47. The molecule has 2 aliphatic heterocycles. The molecule has 2 aromatic rings. The number of amides is 2. The maximum absolute atomic E-state index is 12.9. The number of piperidine rings is 1. The van der Waals surface area contributed by atoms with Gasteiger partial charge >= 0.3 is 0 Å². The molecule has 0 saturated carbocycles. The number of hydrogen-bond donors (Lipinski definition) is 0. The SMILES string of the molecule is CC1CC(C)CN(C(=O)CN2CCN(C(=O)c3ccc4ccccc4n3)CC2)C1. The van der Waals surface area contributed by atoms with Gasteiger partial charge in [-0.25, -0.2) is 4.98 Å². The van der Waals surface area contributed by atoms with E-state index in [1.165, 1.54) is 6.42 Å². The first-order chi connectivity index (χ1) is 14.0. The highest BCUT2D eigenvalue weighted by molar-refractivity contribution is 5.95. The van der Waals surface area contributed by atoms with Crippen LogP contribution in [0.4, 0.5) is 0 Å². The summed E-state index contributed by atoms with van der Waals surface area (Å²) < 4.78 is 0. The van der Waals surface area contributed by atoms with Gasteiger partial charge in [0.1, 0.15) is 5.69 Å². The Morgan fingerprint density at radius 3 is 2.34 bits per heavy atom. The van der Waals surface area contributed by atoms with Crippen LogP contribution in [0, 0.1) is 11.8 Å². The van der Waals surface area contributed by atoms with Crippen LogP contribution in [0.3, 0.4) is 0 Å². The molecule has 2 aliphatic rings. The lowest BCUT2D eigenvalue weighted by molar-refractivity contribution is -0.135. The van der Waals surface area contributed by atoms with Gasteiger partial charge < -0.3 is 9.80 Å². The third kappa shape index (κ3) is 4.58. The van der Waals surface area contributed by atoms with Crippen molar-refractivity contribution in [2.24, 2.45) is 11.8 Å². The second kappa shape index (κ2) is 8.49. The Bertz CT molecular complexity index is 881. The minimum Gasteiger partial charge on any atom is -0.341 e. The zero-order chi connectivity index (χ0) is 20.4. The standard InChI is InChI=1S/C23H30N4O2/c1-17-13-18(2)15-27(14-17)22(28)16-25-9-11-26(12-10-25)23(29)21-8-7-19-5-3-4-6-20(19)24-21/h3-8,17-18H,9-16H2,1-2H3. The van der Waals surface area contributed by atoms with Crippen molar-refractivity contribution >= 4 is 22.7 Å². The summed E-state index contributed by atoms with van der Waals surface area (Å²) in [6.45, 7) is 9.36. The van der Waals surface area contributed by atoms with Crippen molar-refractivity contribution in [3.8, 4) is 0 Å². The van der Waals surface area contributed by atoms with E-state index in [4.69, 9.17) is 0 Å². The Balaban J connectivity index is 1.31. The van der Waals surface area contributed by atoms with E-state index >= 15 is 0 Å². The number of nitrogens with zero attached hydrogens (tertiary/aromatic N) is 4. The topological polar surface area (TPSA) is 56.8 Å². The number of carbonyl (C=O) groups is 2. The molecule has 0 N–H and O–H groups in total. The van der Waals surface area contributed by atoms with Crippen LogP contribution in [-0.2, 0) is 4.79 Å². The molecule has 6 nitrogen and oxygen atoms in total. The lowest BCUT2D eigenvalue weighted by atomic mass is 9.92. The second-order valence-corrected chi connectivity index (χ2v) is 8.70. The number of hydrogen-bond acceptors (Lipinski definition) is 4. The minimum atomic E-state index is -0.0274. The zero-order valence-corrected chi connectivity index (χ0v) is 17.4. The Morgan fingerprint density at radius 2 is 1.62 bits per heavy atom. The summed E-state index contributed by atoms with van der Waals surface area (Å²) in [5, 5.41) is 1.04. The van der Waals surface area contributed by atoms with Crippen molar-refractivity contribution in [1.29, 1.82) is 0 Å². The summed E-state index contributed by atoms with van der Waals surface area (Å²) >= 11 is 0. The fourth-order valence-electron chi connectivity index (χ4n) is 4.61. The highest BCUT2D eigenvalue weighted by Gasteiger charge is 2.28. The molecule has 0 aliphatic carbocycles. The van der Waals surface area contributed by atoms with E-state index in [1.807, 2.05) is 40.1 Å². The molecule has 1 aromatic carbocycles. The molecule has 2 fully saturated rings. The summed E-state index contributed by atoms with van der Waals surface area (Å²) in [6, 6.07) is 11.6. The fraction of sp³-hybridized carbons (Fsp3) is 0.522. The van der Waals surface area contributed by atoms with E-state index in [9.17, 15) is 9.59 Å². The number of likely N-dealkylation sites (tertiary alicyclic amines) is 1. The first-order valence-electron chi connectivity index (χ1n) is 10.6. The van der Waals surface area contributed by atoms with Crippen molar-refractivity contribution < 1.29 is 9.59 Å². The van der Waals surface area contributed by atoms with E-state index in [0.29, 0.717) is 37.2 Å². The molecule has 1 aromatic heterocycles. The maximum Gasteiger partial charge on any atom is 0.272 e. The van der Waals surface area contributed by atoms with Gasteiger partial charge in [0.05, 0.1) is 12.1 Å². The second-order valence-electron chi connectivity index (χ2n) is 8.70. The summed E-state index contributed by atoms with van der Waals surface area (Å²) in [5.41, 5.74) is 1.33. The van der Waals surface area contributed by atoms with Crippen molar-refractivity contribution in [1.82, 2.24) is 19.7 Å². The van der Waals surface area contributed by atoms with Crippen LogP contribution in [0.5, 0.6) is 0 Å². The van der Waals surface area contributed by atoms with Crippen LogP contribution in [0.25, 0.3) is 10.9 Å². The lowest BCUT2D eigenvalue weighted by Gasteiger charge is -2.38. The highest BCUT2D eigenvalue weighted by atomic mass is 16.2. The van der Waals surface area contributed by atoms with E-state index in [-0.39, 0.29) is 11.8 Å². The molecule has 2 unspecified atom stereocenters. The average Bonchev–Trinajstić information content (AvgIpc) is 2.72. The van der Waals surface area contributed by atoms with E-state index in [1.54, 1.807) is 6.07 Å². The molecule has 4 rings (SSSR count). The molecule has 3 heterocycles. The van der Waals surface area contributed by atoms with Crippen LogP contribution in [-0.4, -0.2) is 77.3 Å². The number of pyridine rings is 1. The molecule has 2 saturated heterocycles. The first-order valence-corrected chi connectivity index (χ1v) is 10.6. The molecule has 0 radical (unpaired) electrons. The molecule has 2 atom stereocenters. The molecule has 29 heavy (non-hydrogen) atoms. The molecular formula is C23H30N4O2. The van der Waals surface area contributed by atoms with Crippen LogP contribution in [0.2, 0.25) is 0 Å². The van der Waals surface area contributed by atoms with Gasteiger partial charge in [-0.2, -0.15) is 0 Å². The molecule has 154 valence electrons. The lowest BCUT2D eigenvalue weighted by Crippen LogP contribution is -2.53. The predicted octanol–water partition coefficient (Wildman–Crippen LogP) is 2.50. The summed E-state index contributed by atoms with van der Waals surface area (Å²) in [7, 11) is 0. The average molecular weight is 395 g/mol. The molecule has 6 heteroatoms. The Morgan fingerprint density at radius 1 is 0.931 bits per heavy atom. The number of piperazine rings is 1. The third-order valence-electron chi connectivity index (χ3n) is 6.06. The quantitative estimate of drug-likeness (QED) is 0.803. The van der Waals surface area contributed by atoms with Crippen LogP contribution < -0.4 is 0 Å². The molecule has 0 bridgehead atoms. The van der Waals surface area contributed by atoms with Gasteiger partial charge in [-0.1, -0.05) is 38.1 Å². The molecular weight excluding hydrogens is 364 g/mol. The van der Waals surface area contributed by atoms with Gasteiger partial charge in [-0.15, -0.1) is 0 Å². The third-order valence-corrected chi connectivity index (χ3v) is 6.06. The summed E-state index contributed by atoms with van der Waals surface area (Å²) in [6.07, 6.45) is 1.20. The maximum atomic E-state index is 12.9. The van der Waals surface area contributed by atoms with Crippen molar-refractivity contribution in [2.75, 3.05) is 45.8 Å². The van der Waals surface area contributed by atoms with Gasteiger partial charge in [-0.3, -0.25) is 14.5 Å². The van der Waals surface area contributed by atoms with Gasteiger partial charge in [0, 0.05) is 44.7 Å². The van der Waals surface area contributed by atoms with Crippen LogP contribution in [0.15, 0.2) is 36.4 Å². The van der Waals surface area contributed by atoms with Gasteiger partial charge in [0.25, 0.3) is 5.91 Å². The molecule has 0 spiro atoms. The number of benzene rings is 1. The summed E-state index contributed by atoms with van der Waals surface area (Å²) in [4.78, 5) is 36.1. The summed E-state index contributed by atoms with van der Waals surface area (Å²) in [5.74, 6) is 1.35. The van der Waals surface area contributed by atoms with Crippen molar-refractivity contribution in [2.45, 2.75) is 20.3 Å². The Labute approximate surface area is 172 Å². The van der Waals surface area contributed by atoms with Gasteiger partial charge in [-0.05, 0) is 30.4 Å². The fourth-order valence-corrected chi connectivity index (χ4v) is 4.61. The van der Waals surface area contributed by atoms with Crippen LogP contribution >= 0.6 is 0 Å². The largest absolute Gasteiger partial charge is 0.341 e. The number of fused-ring (bicyclic) bond motifs is 1. The highest BCUT2D eigenvalue weighted by Crippen LogP contribution is 2.21. The normalized spacial score (nSPS) is 23.4. The monoisotopic (exact) mass is 394 g/mol. The van der Waals surface area contributed by atoms with Gasteiger partial charge in [0.15, 0.2) is 0 Å². The smallest absolute Gasteiger partial charge is 0.272 e. The van der Waals surface area contributed by atoms with Crippen molar-refractivity contribution in [3.63, 3.8) is 0 Å². The van der Waals surface area contributed by atoms with Gasteiger partial charge in [0.2, 0.25) is 5.91 Å². The van der Waals surface area contributed by atoms with E-state index in [0.717, 1.165) is 37.1 Å². The Kier molecular flexibility index (Phi) is 5.81. The number of para-hydroxylation sites is 1. The van der Waals surface area contributed by atoms with Crippen LogP contribution in [0.1, 0.15) is 30.8 Å². The van der Waals surface area contributed by atoms with E-state index in [2.05, 4.69) is 23.7 Å². The number of aromatic nitrogens is 1. The molecule has 2 amide bonds. The number of carbonyl (C=O) groups excluding carboxylic acids is 2. The first kappa shape index (κ1) is 19.8.